The summed E-state index contributed by atoms with van der Waals surface area (Å²) in [4.78, 5) is 0.654. The van der Waals surface area contributed by atoms with Gasteiger partial charge in [0.1, 0.15) is 0 Å². The number of rotatable bonds is 0. The van der Waals surface area contributed by atoms with Crippen LogP contribution in [0.2, 0.25) is 0 Å². The molecule has 4 unspecified atom stereocenters. The highest BCUT2D eigenvalue weighted by Gasteiger charge is 2.48. The highest BCUT2D eigenvalue weighted by Crippen LogP contribution is 2.51. The van der Waals surface area contributed by atoms with Crippen molar-refractivity contribution in [3.63, 3.8) is 0 Å². The lowest BCUT2D eigenvalue weighted by molar-refractivity contribution is 0.206. The fourth-order valence-corrected chi connectivity index (χ4v) is 10.1. The maximum atomic E-state index is 13.2. The van der Waals surface area contributed by atoms with Gasteiger partial charge in [0, 0.05) is 7.14 Å². The average molecular weight is 528 g/mol. The topological polar surface area (TPSA) is 34.1 Å². The van der Waals surface area contributed by atoms with E-state index in [-0.39, 0.29) is 5.25 Å². The first-order chi connectivity index (χ1) is 9.96. The number of sulfone groups is 1. The number of benzene rings is 1. The van der Waals surface area contributed by atoms with Crippen molar-refractivity contribution in [2.45, 2.75) is 48.7 Å². The molecule has 1 aromatic carbocycles. The van der Waals surface area contributed by atoms with Gasteiger partial charge in [0.05, 0.1) is 10.1 Å². The van der Waals surface area contributed by atoms with Crippen molar-refractivity contribution in [3.05, 3.63) is 24.8 Å². The molecule has 2 saturated carbocycles. The van der Waals surface area contributed by atoms with Crippen molar-refractivity contribution in [3.8, 4) is 0 Å². The Labute approximate surface area is 153 Å². The SMILES string of the molecule is O=S1(=O)c2c(I)cc(I)cc2CC2CC3CCCC3CC21. The van der Waals surface area contributed by atoms with Crippen LogP contribution in [0.3, 0.4) is 0 Å². The first-order valence-corrected chi connectivity index (χ1v) is 11.4. The fourth-order valence-electron chi connectivity index (χ4n) is 4.88. The molecule has 5 heteroatoms. The Morgan fingerprint density at radius 3 is 2.48 bits per heavy atom. The monoisotopic (exact) mass is 528 g/mol. The first-order valence-electron chi connectivity index (χ1n) is 7.68. The third kappa shape index (κ3) is 2.40. The van der Waals surface area contributed by atoms with Crippen LogP contribution in [-0.2, 0) is 16.3 Å². The predicted molar refractivity (Wildman–Crippen MR) is 100 cm³/mol. The minimum absolute atomic E-state index is 0.113. The van der Waals surface area contributed by atoms with Gasteiger partial charge in [-0.15, -0.1) is 0 Å². The third-order valence-electron chi connectivity index (χ3n) is 5.73. The molecule has 2 nitrogen and oxygen atoms in total. The minimum atomic E-state index is -3.14. The number of hydrogen-bond donors (Lipinski definition) is 0. The van der Waals surface area contributed by atoms with E-state index in [1.54, 1.807) is 0 Å². The second-order valence-corrected chi connectivity index (χ2v) is 11.4. The van der Waals surface area contributed by atoms with E-state index in [1.165, 1.54) is 19.3 Å². The Morgan fingerprint density at radius 1 is 1.00 bits per heavy atom. The zero-order valence-corrected chi connectivity index (χ0v) is 16.8. The summed E-state index contributed by atoms with van der Waals surface area (Å²) in [5, 5.41) is -0.113. The largest absolute Gasteiger partial charge is 0.223 e. The van der Waals surface area contributed by atoms with Crippen LogP contribution < -0.4 is 0 Å². The molecule has 1 heterocycles. The van der Waals surface area contributed by atoms with Crippen molar-refractivity contribution in [1.82, 2.24) is 0 Å². The zero-order valence-electron chi connectivity index (χ0n) is 11.7. The van der Waals surface area contributed by atoms with Crippen LogP contribution in [-0.4, -0.2) is 13.7 Å². The molecule has 114 valence electrons. The molecule has 0 radical (unpaired) electrons. The van der Waals surface area contributed by atoms with Crippen LogP contribution in [0.4, 0.5) is 0 Å². The summed E-state index contributed by atoms with van der Waals surface area (Å²) in [6.07, 6.45) is 6.90. The second-order valence-electron chi connectivity index (χ2n) is 6.85. The lowest BCUT2D eigenvalue weighted by Crippen LogP contribution is -2.43. The number of fused-ring (bicyclic) bond motifs is 3. The van der Waals surface area contributed by atoms with Gasteiger partial charge in [-0.3, -0.25) is 0 Å². The van der Waals surface area contributed by atoms with Gasteiger partial charge in [0.25, 0.3) is 0 Å². The summed E-state index contributed by atoms with van der Waals surface area (Å²) < 4.78 is 28.4. The normalized spacial score (nSPS) is 36.7. The van der Waals surface area contributed by atoms with Crippen molar-refractivity contribution in [2.75, 3.05) is 0 Å². The summed E-state index contributed by atoms with van der Waals surface area (Å²) in [6.45, 7) is 0. The molecule has 21 heavy (non-hydrogen) atoms. The van der Waals surface area contributed by atoms with Gasteiger partial charge in [0.2, 0.25) is 0 Å². The van der Waals surface area contributed by atoms with Gasteiger partial charge < -0.3 is 0 Å². The molecule has 0 aromatic heterocycles. The third-order valence-corrected chi connectivity index (χ3v) is 10.00. The molecule has 4 rings (SSSR count). The molecule has 2 aliphatic carbocycles. The van der Waals surface area contributed by atoms with Crippen LogP contribution in [0.15, 0.2) is 17.0 Å². The van der Waals surface area contributed by atoms with E-state index in [2.05, 4.69) is 51.2 Å². The Hall–Kier alpha value is 0.630. The molecule has 0 bridgehead atoms. The quantitative estimate of drug-likeness (QED) is 0.468. The summed E-state index contributed by atoms with van der Waals surface area (Å²) in [5.74, 6) is 1.82. The van der Waals surface area contributed by atoms with E-state index in [9.17, 15) is 8.42 Å². The van der Waals surface area contributed by atoms with Crippen LogP contribution in [0.25, 0.3) is 0 Å². The van der Waals surface area contributed by atoms with E-state index < -0.39 is 9.84 Å². The molecule has 0 spiro atoms. The molecular weight excluding hydrogens is 510 g/mol. The Balaban J connectivity index is 1.82. The summed E-state index contributed by atoms with van der Waals surface area (Å²) >= 11 is 4.50. The summed E-state index contributed by atoms with van der Waals surface area (Å²) in [7, 11) is -3.14. The minimum Gasteiger partial charge on any atom is -0.223 e. The van der Waals surface area contributed by atoms with Crippen molar-refractivity contribution in [2.24, 2.45) is 17.8 Å². The van der Waals surface area contributed by atoms with Gasteiger partial charge in [-0.1, -0.05) is 19.3 Å². The van der Waals surface area contributed by atoms with E-state index >= 15 is 0 Å². The van der Waals surface area contributed by atoms with Gasteiger partial charge in [-0.05, 0) is 99.9 Å². The number of halogens is 2. The van der Waals surface area contributed by atoms with Gasteiger partial charge in [-0.25, -0.2) is 8.42 Å². The standard InChI is InChI=1S/C16H18I2O2S/c17-13-6-12-5-11-4-9-2-1-3-10(9)7-15(11)21(19,20)16(12)14(18)8-13/h6,8-11,15H,1-5,7H2. The molecule has 0 saturated heterocycles. The van der Waals surface area contributed by atoms with Crippen LogP contribution >= 0.6 is 45.2 Å². The van der Waals surface area contributed by atoms with Crippen LogP contribution in [0.5, 0.6) is 0 Å². The van der Waals surface area contributed by atoms with Gasteiger partial charge >= 0.3 is 0 Å². The maximum Gasteiger partial charge on any atom is 0.182 e. The molecule has 0 N–H and O–H groups in total. The van der Waals surface area contributed by atoms with Gasteiger partial charge in [-0.2, -0.15) is 0 Å². The van der Waals surface area contributed by atoms with E-state index in [4.69, 9.17) is 0 Å². The molecule has 4 atom stereocenters. The number of hydrogen-bond acceptors (Lipinski definition) is 2. The predicted octanol–water partition coefficient (Wildman–Crippen LogP) is 4.42. The van der Waals surface area contributed by atoms with Crippen molar-refractivity contribution in [1.29, 1.82) is 0 Å². The lowest BCUT2D eigenvalue weighted by Gasteiger charge is -2.41. The van der Waals surface area contributed by atoms with E-state index in [0.717, 1.165) is 37.9 Å². The maximum absolute atomic E-state index is 13.2. The van der Waals surface area contributed by atoms with Crippen molar-refractivity contribution >= 4 is 55.0 Å². The summed E-state index contributed by atoms with van der Waals surface area (Å²) in [6, 6.07) is 4.09. The first kappa shape index (κ1) is 15.2. The highest BCUT2D eigenvalue weighted by molar-refractivity contribution is 14.1. The van der Waals surface area contributed by atoms with Crippen LogP contribution in [0, 0.1) is 24.9 Å². The Morgan fingerprint density at radius 2 is 1.71 bits per heavy atom. The zero-order chi connectivity index (χ0) is 14.8. The molecule has 1 aliphatic heterocycles. The molecule has 0 amide bonds. The van der Waals surface area contributed by atoms with Gasteiger partial charge in [0.15, 0.2) is 9.84 Å². The van der Waals surface area contributed by atoms with Crippen molar-refractivity contribution < 1.29 is 8.42 Å². The molecular formula is C16H18I2O2S. The Kier molecular flexibility index (Phi) is 3.85. The average Bonchev–Trinajstić information content (AvgIpc) is 2.82. The fraction of sp³-hybridized carbons (Fsp3) is 0.625. The Bertz CT molecular complexity index is 698. The molecule has 3 aliphatic rings. The summed E-state index contributed by atoms with van der Waals surface area (Å²) in [5.41, 5.74) is 1.07. The molecule has 2 fully saturated rings. The molecule has 1 aromatic rings. The van der Waals surface area contributed by atoms with E-state index in [1.807, 2.05) is 6.07 Å². The smallest absolute Gasteiger partial charge is 0.182 e. The highest BCUT2D eigenvalue weighted by atomic mass is 127. The van der Waals surface area contributed by atoms with E-state index in [0.29, 0.717) is 16.7 Å². The second kappa shape index (κ2) is 5.33. The van der Waals surface area contributed by atoms with Crippen LogP contribution in [0.1, 0.15) is 37.7 Å². The lowest BCUT2D eigenvalue weighted by atomic mass is 9.73.